The Kier molecular flexibility index (Phi) is 4.01. The number of nitrogens with one attached hydrogen (secondary N) is 1. The molecule has 2 atom stereocenters. The smallest absolute Gasteiger partial charge is 0.255 e. The highest BCUT2D eigenvalue weighted by atomic mass is 79.9. The summed E-state index contributed by atoms with van der Waals surface area (Å²) in [5.41, 5.74) is 4.05. The summed E-state index contributed by atoms with van der Waals surface area (Å²) in [6, 6.07) is 10.2. The quantitative estimate of drug-likeness (QED) is 0.859. The second-order valence-electron chi connectivity index (χ2n) is 6.99. The molecule has 1 amide bonds. The maximum atomic E-state index is 13.0. The minimum Gasteiger partial charge on any atom is -0.338 e. The van der Waals surface area contributed by atoms with Crippen LogP contribution < -0.4 is 5.32 Å². The van der Waals surface area contributed by atoms with Crippen LogP contribution in [0, 0.1) is 25.7 Å². The zero-order valence-electron chi connectivity index (χ0n) is 14.1. The Morgan fingerprint density at radius 1 is 1.12 bits per heavy atom. The number of amides is 1. The highest BCUT2D eigenvalue weighted by Crippen LogP contribution is 2.29. The number of hydrogen-bond acceptors (Lipinski definition) is 2. The molecule has 0 saturated carbocycles. The number of fused-ring (bicyclic) bond motifs is 1. The van der Waals surface area contributed by atoms with Crippen LogP contribution >= 0.6 is 15.9 Å². The van der Waals surface area contributed by atoms with Crippen LogP contribution in [0.2, 0.25) is 0 Å². The van der Waals surface area contributed by atoms with Crippen molar-refractivity contribution in [3.8, 4) is 5.69 Å². The van der Waals surface area contributed by atoms with Crippen molar-refractivity contribution in [2.75, 3.05) is 26.2 Å². The van der Waals surface area contributed by atoms with E-state index >= 15 is 0 Å². The Morgan fingerprint density at radius 3 is 2.38 bits per heavy atom. The SMILES string of the molecule is Cc1cc(C(=O)N2C[C@H]3CNC[C@H]3C2)c(C)n1-c1ccc(Br)cc1. The molecule has 1 aromatic heterocycles. The molecule has 24 heavy (non-hydrogen) atoms. The molecule has 126 valence electrons. The third kappa shape index (κ3) is 2.60. The van der Waals surface area contributed by atoms with Gasteiger partial charge in [0.1, 0.15) is 0 Å². The summed E-state index contributed by atoms with van der Waals surface area (Å²) in [6.07, 6.45) is 0. The number of carbonyl (C=O) groups excluding carboxylic acids is 1. The van der Waals surface area contributed by atoms with Gasteiger partial charge in [-0.15, -0.1) is 0 Å². The van der Waals surface area contributed by atoms with E-state index in [1.807, 2.05) is 30.0 Å². The van der Waals surface area contributed by atoms with Crippen molar-refractivity contribution in [3.63, 3.8) is 0 Å². The van der Waals surface area contributed by atoms with Crippen molar-refractivity contribution < 1.29 is 4.79 Å². The number of nitrogens with zero attached hydrogens (tertiary/aromatic N) is 2. The van der Waals surface area contributed by atoms with E-state index in [-0.39, 0.29) is 5.91 Å². The standard InChI is InChI=1S/C19H22BrN3O/c1-12-7-18(13(2)23(12)17-5-3-16(20)4-6-17)19(24)22-10-14-8-21-9-15(14)11-22/h3-7,14-15,21H,8-11H2,1-2H3/t14-,15+. The van der Waals surface area contributed by atoms with E-state index in [1.54, 1.807) is 0 Å². The molecule has 4 rings (SSSR count). The van der Waals surface area contributed by atoms with E-state index < -0.39 is 0 Å². The van der Waals surface area contributed by atoms with E-state index in [9.17, 15) is 4.79 Å². The summed E-state index contributed by atoms with van der Waals surface area (Å²) in [5, 5.41) is 3.43. The van der Waals surface area contributed by atoms with Gasteiger partial charge in [-0.05, 0) is 56.0 Å². The maximum Gasteiger partial charge on any atom is 0.255 e. The largest absolute Gasteiger partial charge is 0.338 e. The highest BCUT2D eigenvalue weighted by molar-refractivity contribution is 9.10. The summed E-state index contributed by atoms with van der Waals surface area (Å²) in [4.78, 5) is 15.1. The van der Waals surface area contributed by atoms with Gasteiger partial charge in [0.25, 0.3) is 5.91 Å². The predicted octanol–water partition coefficient (Wildman–Crippen LogP) is 3.15. The lowest BCUT2D eigenvalue weighted by Crippen LogP contribution is -2.32. The normalized spacial score (nSPS) is 22.9. The van der Waals surface area contributed by atoms with E-state index in [2.05, 4.69) is 44.9 Å². The maximum absolute atomic E-state index is 13.0. The van der Waals surface area contributed by atoms with Crippen molar-refractivity contribution in [2.24, 2.45) is 11.8 Å². The van der Waals surface area contributed by atoms with Gasteiger partial charge in [-0.3, -0.25) is 4.79 Å². The van der Waals surface area contributed by atoms with Crippen molar-refractivity contribution in [2.45, 2.75) is 13.8 Å². The molecule has 1 aromatic carbocycles. The van der Waals surface area contributed by atoms with Gasteiger partial charge in [0, 0.05) is 47.7 Å². The topological polar surface area (TPSA) is 37.3 Å². The molecule has 2 aliphatic rings. The number of rotatable bonds is 2. The molecule has 3 heterocycles. The number of likely N-dealkylation sites (tertiary alicyclic amines) is 1. The fourth-order valence-electron chi connectivity index (χ4n) is 4.16. The number of aromatic nitrogens is 1. The lowest BCUT2D eigenvalue weighted by Gasteiger charge is -2.18. The predicted molar refractivity (Wildman–Crippen MR) is 98.7 cm³/mol. The van der Waals surface area contributed by atoms with Crippen LogP contribution in [0.25, 0.3) is 5.69 Å². The summed E-state index contributed by atoms with van der Waals surface area (Å²) >= 11 is 3.48. The van der Waals surface area contributed by atoms with Gasteiger partial charge in [0.15, 0.2) is 0 Å². The molecule has 2 aromatic rings. The Bertz CT molecular complexity index is 769. The molecule has 5 heteroatoms. The Balaban J connectivity index is 1.63. The number of halogens is 1. The number of carbonyl (C=O) groups is 1. The third-order valence-corrected chi connectivity index (χ3v) is 5.95. The molecular weight excluding hydrogens is 366 g/mol. The first-order chi connectivity index (χ1) is 11.5. The second-order valence-corrected chi connectivity index (χ2v) is 7.90. The lowest BCUT2D eigenvalue weighted by atomic mass is 10.0. The number of hydrogen-bond donors (Lipinski definition) is 1. The first kappa shape index (κ1) is 15.9. The first-order valence-corrected chi connectivity index (χ1v) is 9.29. The number of benzene rings is 1. The van der Waals surface area contributed by atoms with E-state index in [1.165, 1.54) is 0 Å². The second kappa shape index (κ2) is 6.05. The third-order valence-electron chi connectivity index (χ3n) is 5.42. The molecule has 2 aliphatic heterocycles. The van der Waals surface area contributed by atoms with Gasteiger partial charge in [0.05, 0.1) is 5.56 Å². The molecule has 0 spiro atoms. The minimum absolute atomic E-state index is 0.181. The van der Waals surface area contributed by atoms with E-state index in [0.717, 1.165) is 53.3 Å². The summed E-state index contributed by atoms with van der Waals surface area (Å²) in [5.74, 6) is 1.44. The van der Waals surface area contributed by atoms with Crippen molar-refractivity contribution >= 4 is 21.8 Å². The van der Waals surface area contributed by atoms with Crippen LogP contribution in [-0.4, -0.2) is 41.6 Å². The molecular formula is C19H22BrN3O. The van der Waals surface area contributed by atoms with Crippen molar-refractivity contribution in [1.82, 2.24) is 14.8 Å². The fraction of sp³-hybridized carbons (Fsp3) is 0.421. The summed E-state index contributed by atoms with van der Waals surface area (Å²) in [6.45, 7) is 7.98. The van der Waals surface area contributed by atoms with Gasteiger partial charge in [-0.1, -0.05) is 15.9 Å². The molecule has 1 N–H and O–H groups in total. The molecule has 0 aliphatic carbocycles. The molecule has 2 saturated heterocycles. The molecule has 0 unspecified atom stereocenters. The molecule has 2 fully saturated rings. The van der Waals surface area contributed by atoms with Crippen LogP contribution in [0.1, 0.15) is 21.7 Å². The zero-order chi connectivity index (χ0) is 16.8. The van der Waals surface area contributed by atoms with Crippen LogP contribution in [0.15, 0.2) is 34.8 Å². The monoisotopic (exact) mass is 387 g/mol. The highest BCUT2D eigenvalue weighted by Gasteiger charge is 2.38. The fourth-order valence-corrected chi connectivity index (χ4v) is 4.42. The Labute approximate surface area is 151 Å². The first-order valence-electron chi connectivity index (χ1n) is 8.49. The average Bonchev–Trinajstić information content (AvgIpc) is 3.22. The van der Waals surface area contributed by atoms with Gasteiger partial charge < -0.3 is 14.8 Å². The van der Waals surface area contributed by atoms with Crippen LogP contribution in [-0.2, 0) is 0 Å². The van der Waals surface area contributed by atoms with Crippen molar-refractivity contribution in [1.29, 1.82) is 0 Å². The average molecular weight is 388 g/mol. The van der Waals surface area contributed by atoms with Gasteiger partial charge in [0.2, 0.25) is 0 Å². The van der Waals surface area contributed by atoms with Crippen LogP contribution in [0.3, 0.4) is 0 Å². The van der Waals surface area contributed by atoms with E-state index in [4.69, 9.17) is 0 Å². The summed E-state index contributed by atoms with van der Waals surface area (Å²) in [7, 11) is 0. The van der Waals surface area contributed by atoms with Crippen LogP contribution in [0.4, 0.5) is 0 Å². The van der Waals surface area contributed by atoms with Crippen LogP contribution in [0.5, 0.6) is 0 Å². The van der Waals surface area contributed by atoms with Gasteiger partial charge in [-0.25, -0.2) is 0 Å². The Hall–Kier alpha value is -1.59. The van der Waals surface area contributed by atoms with E-state index in [0.29, 0.717) is 11.8 Å². The molecule has 4 nitrogen and oxygen atoms in total. The Morgan fingerprint density at radius 2 is 1.75 bits per heavy atom. The van der Waals surface area contributed by atoms with Gasteiger partial charge >= 0.3 is 0 Å². The zero-order valence-corrected chi connectivity index (χ0v) is 15.6. The van der Waals surface area contributed by atoms with Gasteiger partial charge in [-0.2, -0.15) is 0 Å². The molecule has 0 bridgehead atoms. The lowest BCUT2D eigenvalue weighted by molar-refractivity contribution is 0.0781. The summed E-state index contributed by atoms with van der Waals surface area (Å²) < 4.78 is 3.22. The number of aryl methyl sites for hydroxylation is 1. The minimum atomic E-state index is 0.181. The van der Waals surface area contributed by atoms with Crippen molar-refractivity contribution in [3.05, 3.63) is 51.8 Å². The molecule has 0 radical (unpaired) electrons.